The third kappa shape index (κ3) is 3.27. The Kier molecular flexibility index (Phi) is 4.16. The average Bonchev–Trinajstić information content (AvgIpc) is 2.18. The number of hydrogen-bond donors (Lipinski definition) is 1. The predicted octanol–water partition coefficient (Wildman–Crippen LogP) is 2.80. The summed E-state index contributed by atoms with van der Waals surface area (Å²) in [5, 5.41) is 2.78. The molecule has 15 heavy (non-hydrogen) atoms. The molecule has 82 valence electrons. The van der Waals surface area contributed by atoms with Crippen molar-refractivity contribution in [3.63, 3.8) is 0 Å². The Morgan fingerprint density at radius 1 is 1.47 bits per heavy atom. The first kappa shape index (κ1) is 11.6. The second-order valence-corrected chi connectivity index (χ2v) is 3.44. The summed E-state index contributed by atoms with van der Waals surface area (Å²) >= 11 is 0. The maximum absolute atomic E-state index is 11.2. The molecule has 1 aromatic rings. The van der Waals surface area contributed by atoms with Crippen LogP contribution in [0.2, 0.25) is 0 Å². The number of benzene rings is 1. The number of amides is 1. The van der Waals surface area contributed by atoms with Crippen LogP contribution in [0.25, 0.3) is 0 Å². The van der Waals surface area contributed by atoms with Crippen molar-refractivity contribution in [1.82, 2.24) is 5.32 Å². The summed E-state index contributed by atoms with van der Waals surface area (Å²) in [7, 11) is 0. The molecule has 0 bridgehead atoms. The first-order valence-electron chi connectivity index (χ1n) is 5.14. The number of alkyl carbamates (subject to hydrolysis) is 1. The zero-order valence-corrected chi connectivity index (χ0v) is 9.41. The van der Waals surface area contributed by atoms with Gasteiger partial charge in [0.05, 0.1) is 12.6 Å². The third-order valence-corrected chi connectivity index (χ3v) is 2.26. The second kappa shape index (κ2) is 5.39. The summed E-state index contributed by atoms with van der Waals surface area (Å²) in [6.07, 6.45) is -0.367. The summed E-state index contributed by atoms with van der Waals surface area (Å²) < 4.78 is 4.82. The van der Waals surface area contributed by atoms with Gasteiger partial charge in [-0.3, -0.25) is 0 Å². The molecule has 3 nitrogen and oxygen atoms in total. The normalized spacial score (nSPS) is 11.9. The fourth-order valence-corrected chi connectivity index (χ4v) is 1.50. The van der Waals surface area contributed by atoms with Crippen molar-refractivity contribution < 1.29 is 9.53 Å². The molecule has 3 heteroatoms. The second-order valence-electron chi connectivity index (χ2n) is 3.44. The van der Waals surface area contributed by atoms with Gasteiger partial charge in [0.2, 0.25) is 0 Å². The highest BCUT2D eigenvalue weighted by Gasteiger charge is 2.10. The van der Waals surface area contributed by atoms with Crippen molar-refractivity contribution in [1.29, 1.82) is 0 Å². The van der Waals surface area contributed by atoms with Crippen LogP contribution >= 0.6 is 0 Å². The van der Waals surface area contributed by atoms with E-state index in [1.54, 1.807) is 6.92 Å². The Morgan fingerprint density at radius 3 is 2.73 bits per heavy atom. The topological polar surface area (TPSA) is 38.3 Å². The molecule has 0 aliphatic carbocycles. The minimum Gasteiger partial charge on any atom is -0.450 e. The van der Waals surface area contributed by atoms with Gasteiger partial charge in [0.15, 0.2) is 0 Å². The highest BCUT2D eigenvalue weighted by Crippen LogP contribution is 2.16. The van der Waals surface area contributed by atoms with Gasteiger partial charge in [-0.2, -0.15) is 0 Å². The largest absolute Gasteiger partial charge is 0.450 e. The van der Waals surface area contributed by atoms with Gasteiger partial charge in [-0.25, -0.2) is 4.79 Å². The molecular weight excluding hydrogens is 190 g/mol. The zero-order valence-electron chi connectivity index (χ0n) is 9.41. The monoisotopic (exact) mass is 207 g/mol. The number of ether oxygens (including phenoxy) is 1. The molecule has 0 saturated heterocycles. The fourth-order valence-electron chi connectivity index (χ4n) is 1.50. The van der Waals surface area contributed by atoms with Gasteiger partial charge in [-0.15, -0.1) is 0 Å². The maximum atomic E-state index is 11.2. The van der Waals surface area contributed by atoms with Crippen molar-refractivity contribution in [2.24, 2.45) is 0 Å². The molecule has 1 rings (SSSR count). The molecule has 0 aliphatic heterocycles. The summed E-state index contributed by atoms with van der Waals surface area (Å²) in [5.74, 6) is 0. The van der Waals surface area contributed by atoms with Crippen LogP contribution in [0.4, 0.5) is 4.79 Å². The summed E-state index contributed by atoms with van der Waals surface area (Å²) in [5.41, 5.74) is 2.28. The highest BCUT2D eigenvalue weighted by molar-refractivity contribution is 5.67. The average molecular weight is 207 g/mol. The smallest absolute Gasteiger partial charge is 0.407 e. The predicted molar refractivity (Wildman–Crippen MR) is 59.8 cm³/mol. The van der Waals surface area contributed by atoms with E-state index in [0.717, 1.165) is 5.56 Å². The Morgan fingerprint density at radius 2 is 2.13 bits per heavy atom. The number of aryl methyl sites for hydroxylation is 1. The van der Waals surface area contributed by atoms with Crippen LogP contribution in [-0.2, 0) is 4.74 Å². The molecule has 0 radical (unpaired) electrons. The molecule has 1 aromatic carbocycles. The Bertz CT molecular complexity index is 336. The molecule has 0 aromatic heterocycles. The van der Waals surface area contributed by atoms with Crippen LogP contribution < -0.4 is 5.32 Å². The molecule has 0 fully saturated rings. The SMILES string of the molecule is CCOC(=O)N[C@H](C)c1ccccc1C. The van der Waals surface area contributed by atoms with E-state index in [1.165, 1.54) is 5.56 Å². The molecule has 0 unspecified atom stereocenters. The zero-order chi connectivity index (χ0) is 11.3. The minimum absolute atomic E-state index is 0.0229. The van der Waals surface area contributed by atoms with E-state index < -0.39 is 0 Å². The van der Waals surface area contributed by atoms with Crippen molar-refractivity contribution in [2.45, 2.75) is 26.8 Å². The third-order valence-electron chi connectivity index (χ3n) is 2.26. The lowest BCUT2D eigenvalue weighted by molar-refractivity contribution is 0.149. The van der Waals surface area contributed by atoms with E-state index in [4.69, 9.17) is 4.74 Å². The molecule has 1 atom stereocenters. The summed E-state index contributed by atoms with van der Waals surface area (Å²) in [6, 6.07) is 7.96. The Balaban J connectivity index is 2.65. The number of nitrogens with one attached hydrogen (secondary N) is 1. The Hall–Kier alpha value is -1.51. The van der Waals surface area contributed by atoms with Crippen LogP contribution in [0.15, 0.2) is 24.3 Å². The lowest BCUT2D eigenvalue weighted by Gasteiger charge is -2.15. The molecule has 1 amide bonds. The van der Waals surface area contributed by atoms with E-state index >= 15 is 0 Å². The maximum Gasteiger partial charge on any atom is 0.407 e. The quantitative estimate of drug-likeness (QED) is 0.827. The summed E-state index contributed by atoms with van der Waals surface area (Å²) in [6.45, 7) is 6.16. The van der Waals surface area contributed by atoms with E-state index in [-0.39, 0.29) is 12.1 Å². The molecule has 0 heterocycles. The number of hydrogen-bond acceptors (Lipinski definition) is 2. The lowest BCUT2D eigenvalue weighted by atomic mass is 10.0. The van der Waals surface area contributed by atoms with Gasteiger partial charge in [0, 0.05) is 0 Å². The van der Waals surface area contributed by atoms with Crippen molar-refractivity contribution >= 4 is 6.09 Å². The van der Waals surface area contributed by atoms with E-state index in [2.05, 4.69) is 5.32 Å². The first-order valence-corrected chi connectivity index (χ1v) is 5.14. The van der Waals surface area contributed by atoms with Crippen LogP contribution in [0.3, 0.4) is 0 Å². The lowest BCUT2D eigenvalue weighted by Crippen LogP contribution is -2.27. The molecule has 0 spiro atoms. The Labute approximate surface area is 90.4 Å². The molecule has 1 N–H and O–H groups in total. The van der Waals surface area contributed by atoms with Gasteiger partial charge in [0.25, 0.3) is 0 Å². The van der Waals surface area contributed by atoms with Gasteiger partial charge >= 0.3 is 6.09 Å². The minimum atomic E-state index is -0.367. The van der Waals surface area contributed by atoms with Crippen molar-refractivity contribution in [3.05, 3.63) is 35.4 Å². The van der Waals surface area contributed by atoms with Gasteiger partial charge < -0.3 is 10.1 Å². The molecular formula is C12H17NO2. The van der Waals surface area contributed by atoms with Gasteiger partial charge in [0.1, 0.15) is 0 Å². The van der Waals surface area contributed by atoms with E-state index in [1.807, 2.05) is 38.1 Å². The molecule has 0 aliphatic rings. The number of rotatable bonds is 3. The van der Waals surface area contributed by atoms with Crippen LogP contribution in [0, 0.1) is 6.92 Å². The number of carbonyl (C=O) groups is 1. The van der Waals surface area contributed by atoms with Gasteiger partial charge in [-0.1, -0.05) is 24.3 Å². The van der Waals surface area contributed by atoms with E-state index in [9.17, 15) is 4.79 Å². The van der Waals surface area contributed by atoms with Crippen molar-refractivity contribution in [3.8, 4) is 0 Å². The molecule has 0 saturated carbocycles. The highest BCUT2D eigenvalue weighted by atomic mass is 16.5. The van der Waals surface area contributed by atoms with Crippen molar-refractivity contribution in [2.75, 3.05) is 6.61 Å². The van der Waals surface area contributed by atoms with Crippen LogP contribution in [-0.4, -0.2) is 12.7 Å². The van der Waals surface area contributed by atoms with Gasteiger partial charge in [-0.05, 0) is 31.9 Å². The van der Waals surface area contributed by atoms with Crippen LogP contribution in [0.5, 0.6) is 0 Å². The standard InChI is InChI=1S/C12H17NO2/c1-4-15-12(14)13-10(3)11-8-6-5-7-9(11)2/h5-8,10H,4H2,1-3H3,(H,13,14)/t10-/m1/s1. The number of carbonyl (C=O) groups excluding carboxylic acids is 1. The van der Waals surface area contributed by atoms with E-state index in [0.29, 0.717) is 6.61 Å². The summed E-state index contributed by atoms with van der Waals surface area (Å²) in [4.78, 5) is 11.2. The fraction of sp³-hybridized carbons (Fsp3) is 0.417. The van der Waals surface area contributed by atoms with Crippen LogP contribution in [0.1, 0.15) is 31.0 Å². The first-order chi connectivity index (χ1) is 7.15.